The van der Waals surface area contributed by atoms with Gasteiger partial charge in [-0.15, -0.1) is 0 Å². The summed E-state index contributed by atoms with van der Waals surface area (Å²) < 4.78 is 13.0. The molecule has 2 rings (SSSR count). The van der Waals surface area contributed by atoms with Crippen molar-refractivity contribution in [2.24, 2.45) is 0 Å². The number of hydrogen-bond acceptors (Lipinski definition) is 1. The van der Waals surface area contributed by atoms with Crippen molar-refractivity contribution in [3.63, 3.8) is 0 Å². The number of hydrogen-bond donors (Lipinski definition) is 1. The van der Waals surface area contributed by atoms with Crippen molar-refractivity contribution < 1.29 is 4.39 Å². The number of aromatic amines is 1. The number of pyridine rings is 1. The normalized spacial score (nSPS) is 10.6. The number of halogens is 2. The van der Waals surface area contributed by atoms with Crippen molar-refractivity contribution in [2.75, 3.05) is 0 Å². The number of rotatable bonds is 1. The molecular formula is C13H11ClFNO. The van der Waals surface area contributed by atoms with E-state index in [2.05, 4.69) is 4.98 Å². The molecule has 2 nitrogen and oxygen atoms in total. The van der Waals surface area contributed by atoms with Crippen LogP contribution >= 0.6 is 11.6 Å². The van der Waals surface area contributed by atoms with Crippen LogP contribution in [0.15, 0.2) is 29.1 Å². The van der Waals surface area contributed by atoms with Crippen molar-refractivity contribution in [2.45, 2.75) is 13.8 Å². The highest BCUT2D eigenvalue weighted by molar-refractivity contribution is 6.33. The minimum absolute atomic E-state index is 0.118. The average molecular weight is 252 g/mol. The van der Waals surface area contributed by atoms with Crippen LogP contribution in [-0.4, -0.2) is 4.98 Å². The summed E-state index contributed by atoms with van der Waals surface area (Å²) in [4.78, 5) is 15.0. The summed E-state index contributed by atoms with van der Waals surface area (Å²) in [7, 11) is 0. The lowest BCUT2D eigenvalue weighted by Crippen LogP contribution is -2.09. The highest BCUT2D eigenvalue weighted by atomic mass is 35.5. The first kappa shape index (κ1) is 11.9. The van der Waals surface area contributed by atoms with Gasteiger partial charge in [0.2, 0.25) is 0 Å². The fraction of sp³-hybridized carbons (Fsp3) is 0.154. The number of benzene rings is 1. The van der Waals surface area contributed by atoms with E-state index in [0.717, 1.165) is 11.4 Å². The number of nitrogens with one attached hydrogen (secondary N) is 1. The Morgan fingerprint density at radius 2 is 1.94 bits per heavy atom. The zero-order chi connectivity index (χ0) is 12.6. The van der Waals surface area contributed by atoms with Crippen molar-refractivity contribution in [3.05, 3.63) is 56.7 Å². The highest BCUT2D eigenvalue weighted by Gasteiger charge is 2.11. The second kappa shape index (κ2) is 4.34. The second-order valence-electron chi connectivity index (χ2n) is 3.94. The summed E-state index contributed by atoms with van der Waals surface area (Å²) in [6.45, 7) is 3.61. The van der Waals surface area contributed by atoms with Gasteiger partial charge in [0.1, 0.15) is 5.82 Å². The lowest BCUT2D eigenvalue weighted by molar-refractivity contribution is 0.628. The molecule has 17 heavy (non-hydrogen) atoms. The summed E-state index contributed by atoms with van der Waals surface area (Å²) in [5, 5.41) is 0.238. The van der Waals surface area contributed by atoms with E-state index in [0.29, 0.717) is 11.1 Å². The van der Waals surface area contributed by atoms with Crippen molar-refractivity contribution >= 4 is 11.6 Å². The van der Waals surface area contributed by atoms with Crippen LogP contribution in [-0.2, 0) is 0 Å². The molecule has 0 aliphatic heterocycles. The molecule has 0 aliphatic rings. The van der Waals surface area contributed by atoms with Crippen LogP contribution in [0.2, 0.25) is 5.02 Å². The molecule has 1 N–H and O–H groups in total. The van der Waals surface area contributed by atoms with Gasteiger partial charge in [-0.1, -0.05) is 11.6 Å². The summed E-state index contributed by atoms with van der Waals surface area (Å²) in [6.07, 6.45) is 0. The molecule has 0 atom stereocenters. The molecule has 0 aliphatic carbocycles. The summed E-state index contributed by atoms with van der Waals surface area (Å²) in [5.74, 6) is -0.417. The number of aromatic nitrogens is 1. The predicted molar refractivity (Wildman–Crippen MR) is 66.9 cm³/mol. The standard InChI is InChI=1S/C13H11ClFNO/c1-7-5-12(17)13(8(2)16-7)10-4-3-9(15)6-11(10)14/h3-6H,1-2H3,(H,16,17). The summed E-state index contributed by atoms with van der Waals surface area (Å²) >= 11 is 5.96. The molecule has 0 spiro atoms. The van der Waals surface area contributed by atoms with Gasteiger partial charge >= 0.3 is 0 Å². The van der Waals surface area contributed by atoms with Gasteiger partial charge in [-0.3, -0.25) is 4.79 Å². The third-order valence-electron chi connectivity index (χ3n) is 2.55. The third kappa shape index (κ3) is 2.24. The van der Waals surface area contributed by atoms with Crippen LogP contribution in [0.1, 0.15) is 11.4 Å². The molecule has 0 unspecified atom stereocenters. The minimum Gasteiger partial charge on any atom is -0.362 e. The molecule has 1 aromatic carbocycles. The third-order valence-corrected chi connectivity index (χ3v) is 2.87. The second-order valence-corrected chi connectivity index (χ2v) is 4.35. The van der Waals surface area contributed by atoms with Crippen LogP contribution in [0.4, 0.5) is 4.39 Å². The first-order valence-electron chi connectivity index (χ1n) is 5.15. The van der Waals surface area contributed by atoms with Gasteiger partial charge in [-0.25, -0.2) is 4.39 Å². The van der Waals surface area contributed by atoms with Gasteiger partial charge in [0.25, 0.3) is 0 Å². The summed E-state index contributed by atoms with van der Waals surface area (Å²) in [5.41, 5.74) is 2.43. The molecule has 88 valence electrons. The average Bonchev–Trinajstić information content (AvgIpc) is 2.19. The van der Waals surface area contributed by atoms with E-state index in [1.54, 1.807) is 6.92 Å². The molecule has 1 aromatic heterocycles. The molecule has 0 amide bonds. The first-order valence-corrected chi connectivity index (χ1v) is 5.53. The van der Waals surface area contributed by atoms with Gasteiger partial charge in [0, 0.05) is 28.6 Å². The maximum absolute atomic E-state index is 13.0. The van der Waals surface area contributed by atoms with E-state index in [-0.39, 0.29) is 10.5 Å². The first-order chi connectivity index (χ1) is 7.99. The molecule has 2 aromatic rings. The van der Waals surface area contributed by atoms with E-state index in [1.165, 1.54) is 24.3 Å². The Balaban J connectivity index is 2.73. The van der Waals surface area contributed by atoms with Crippen molar-refractivity contribution in [1.29, 1.82) is 0 Å². The number of H-pyrrole nitrogens is 1. The fourth-order valence-corrected chi connectivity index (χ4v) is 2.14. The zero-order valence-electron chi connectivity index (χ0n) is 9.47. The van der Waals surface area contributed by atoms with Crippen molar-refractivity contribution in [3.8, 4) is 11.1 Å². The molecule has 0 saturated heterocycles. The van der Waals surface area contributed by atoms with E-state index < -0.39 is 5.82 Å². The molecule has 0 radical (unpaired) electrons. The minimum atomic E-state index is -0.417. The van der Waals surface area contributed by atoms with E-state index in [4.69, 9.17) is 11.6 Å². The van der Waals surface area contributed by atoms with E-state index in [1.807, 2.05) is 6.92 Å². The van der Waals surface area contributed by atoms with E-state index in [9.17, 15) is 9.18 Å². The molecule has 0 bridgehead atoms. The van der Waals surface area contributed by atoms with Crippen LogP contribution in [0.25, 0.3) is 11.1 Å². The van der Waals surface area contributed by atoms with Crippen LogP contribution < -0.4 is 5.43 Å². The smallest absolute Gasteiger partial charge is 0.189 e. The Labute approximate surface area is 103 Å². The topological polar surface area (TPSA) is 32.9 Å². The maximum Gasteiger partial charge on any atom is 0.189 e. The molecule has 0 fully saturated rings. The molecule has 4 heteroatoms. The van der Waals surface area contributed by atoms with E-state index >= 15 is 0 Å². The lowest BCUT2D eigenvalue weighted by atomic mass is 10.0. The quantitative estimate of drug-likeness (QED) is 0.827. The van der Waals surface area contributed by atoms with Gasteiger partial charge in [0.15, 0.2) is 5.43 Å². The highest BCUT2D eigenvalue weighted by Crippen LogP contribution is 2.27. The predicted octanol–water partition coefficient (Wildman–Crippen LogP) is 3.45. The van der Waals surface area contributed by atoms with Gasteiger partial charge in [0.05, 0.1) is 5.02 Å². The van der Waals surface area contributed by atoms with Crippen LogP contribution in [0, 0.1) is 19.7 Å². The van der Waals surface area contributed by atoms with Gasteiger partial charge in [-0.2, -0.15) is 0 Å². The Kier molecular flexibility index (Phi) is 3.03. The maximum atomic E-state index is 13.0. The summed E-state index contributed by atoms with van der Waals surface area (Å²) in [6, 6.07) is 5.52. The van der Waals surface area contributed by atoms with Crippen molar-refractivity contribution in [1.82, 2.24) is 4.98 Å². The number of aryl methyl sites for hydroxylation is 2. The Morgan fingerprint density at radius 1 is 1.24 bits per heavy atom. The van der Waals surface area contributed by atoms with Gasteiger partial charge < -0.3 is 4.98 Å². The Hall–Kier alpha value is -1.61. The van der Waals surface area contributed by atoms with Gasteiger partial charge in [-0.05, 0) is 32.0 Å². The zero-order valence-corrected chi connectivity index (χ0v) is 10.2. The Morgan fingerprint density at radius 3 is 2.53 bits per heavy atom. The monoisotopic (exact) mass is 251 g/mol. The molecule has 0 saturated carbocycles. The SMILES string of the molecule is Cc1cc(=O)c(-c2ccc(F)cc2Cl)c(C)[nH]1. The van der Waals surface area contributed by atoms with Crippen LogP contribution in [0.3, 0.4) is 0 Å². The lowest BCUT2D eigenvalue weighted by Gasteiger charge is -2.08. The molecule has 1 heterocycles. The largest absolute Gasteiger partial charge is 0.362 e. The van der Waals surface area contributed by atoms with Crippen LogP contribution in [0.5, 0.6) is 0 Å². The fourth-order valence-electron chi connectivity index (χ4n) is 1.87. The Bertz CT molecular complexity index is 634. The molecular weight excluding hydrogens is 241 g/mol.